The maximum Gasteiger partial charge on any atom is 0.321 e. The van der Waals surface area contributed by atoms with E-state index in [0.717, 1.165) is 4.90 Å². The van der Waals surface area contributed by atoms with E-state index in [1.165, 1.54) is 11.3 Å². The number of benzene rings is 1. The molecule has 2 aliphatic rings. The number of thiazole rings is 1. The predicted molar refractivity (Wildman–Crippen MR) is 120 cm³/mol. The first kappa shape index (κ1) is 22.4. The van der Waals surface area contributed by atoms with E-state index in [1.807, 2.05) is 0 Å². The number of nitrogens with one attached hydrogen (secondary N) is 4. The molecule has 0 spiro atoms. The lowest BCUT2D eigenvalue weighted by Gasteiger charge is -2.27. The average Bonchev–Trinajstić information content (AvgIpc) is 3.38. The van der Waals surface area contributed by atoms with Crippen molar-refractivity contribution in [3.63, 3.8) is 0 Å². The van der Waals surface area contributed by atoms with Crippen LogP contribution in [0.25, 0.3) is 0 Å². The van der Waals surface area contributed by atoms with Gasteiger partial charge in [0, 0.05) is 36.8 Å². The average molecular weight is 471 g/mol. The Morgan fingerprint density at radius 3 is 2.73 bits per heavy atom. The third-order valence-electron chi connectivity index (χ3n) is 5.33. The molecule has 6 amide bonds. The van der Waals surface area contributed by atoms with Gasteiger partial charge in [-0.3, -0.25) is 34.7 Å². The van der Waals surface area contributed by atoms with Crippen molar-refractivity contribution in [3.05, 3.63) is 40.9 Å². The van der Waals surface area contributed by atoms with Gasteiger partial charge in [0.1, 0.15) is 6.04 Å². The number of hydrogen-bond donors (Lipinski definition) is 4. The number of piperidine rings is 1. The number of unbranched alkanes of at least 4 members (excludes halogenated alkanes) is 1. The molecule has 2 aromatic rings. The van der Waals surface area contributed by atoms with Crippen LogP contribution >= 0.6 is 11.3 Å². The molecule has 1 saturated heterocycles. The highest BCUT2D eigenvalue weighted by Gasteiger charge is 2.45. The van der Waals surface area contributed by atoms with Crippen LogP contribution < -0.4 is 21.3 Å². The van der Waals surface area contributed by atoms with Gasteiger partial charge in [0.2, 0.25) is 11.8 Å². The van der Waals surface area contributed by atoms with Crippen LogP contribution in [0, 0.1) is 0 Å². The van der Waals surface area contributed by atoms with Crippen LogP contribution in [-0.2, 0) is 9.59 Å². The maximum absolute atomic E-state index is 13.0. The van der Waals surface area contributed by atoms with Crippen molar-refractivity contribution < 1.29 is 24.0 Å². The van der Waals surface area contributed by atoms with Crippen molar-refractivity contribution in [1.82, 2.24) is 20.5 Å². The van der Waals surface area contributed by atoms with Crippen molar-refractivity contribution in [2.24, 2.45) is 0 Å². The maximum atomic E-state index is 13.0. The van der Waals surface area contributed by atoms with E-state index in [-0.39, 0.29) is 30.0 Å². The third kappa shape index (κ3) is 4.85. The second kappa shape index (κ2) is 9.77. The lowest BCUT2D eigenvalue weighted by atomic mass is 10.0. The van der Waals surface area contributed by atoms with Gasteiger partial charge in [0.05, 0.1) is 11.1 Å². The molecule has 1 aromatic carbocycles. The SMILES string of the molecule is O=C1CCC(N2C(=O)c3cccc(NCCCCNC(=O)Nc4nccs4)c3C2=O)C(=O)N1. The molecule has 12 heteroatoms. The number of anilines is 2. The fourth-order valence-corrected chi connectivity index (χ4v) is 4.29. The summed E-state index contributed by atoms with van der Waals surface area (Å²) in [5.74, 6) is -2.14. The third-order valence-corrected chi connectivity index (χ3v) is 6.01. The number of urea groups is 1. The molecule has 4 rings (SSSR count). The quantitative estimate of drug-likeness (QED) is 0.338. The number of carbonyl (C=O) groups is 5. The second-order valence-corrected chi connectivity index (χ2v) is 8.42. The monoisotopic (exact) mass is 470 g/mol. The first-order chi connectivity index (χ1) is 16.0. The van der Waals surface area contributed by atoms with Crippen LogP contribution in [-0.4, -0.2) is 58.7 Å². The Hall–Kier alpha value is -3.80. The molecule has 0 radical (unpaired) electrons. The minimum absolute atomic E-state index is 0.0742. The summed E-state index contributed by atoms with van der Waals surface area (Å²) >= 11 is 1.33. The van der Waals surface area contributed by atoms with Gasteiger partial charge < -0.3 is 10.6 Å². The van der Waals surface area contributed by atoms with Crippen LogP contribution in [0.15, 0.2) is 29.8 Å². The molecule has 11 nitrogen and oxygen atoms in total. The molecule has 1 fully saturated rings. The molecule has 1 atom stereocenters. The summed E-state index contributed by atoms with van der Waals surface area (Å²) in [5.41, 5.74) is 0.971. The zero-order valence-electron chi connectivity index (χ0n) is 17.6. The van der Waals surface area contributed by atoms with Crippen LogP contribution in [0.4, 0.5) is 15.6 Å². The van der Waals surface area contributed by atoms with Crippen LogP contribution in [0.1, 0.15) is 46.4 Å². The molecule has 0 bridgehead atoms. The van der Waals surface area contributed by atoms with Crippen molar-refractivity contribution in [1.29, 1.82) is 0 Å². The van der Waals surface area contributed by atoms with Crippen LogP contribution in [0.3, 0.4) is 0 Å². The molecule has 0 saturated carbocycles. The Morgan fingerprint density at radius 2 is 1.97 bits per heavy atom. The molecular weight excluding hydrogens is 448 g/mol. The molecule has 0 aliphatic carbocycles. The zero-order valence-corrected chi connectivity index (χ0v) is 18.4. The van der Waals surface area contributed by atoms with Gasteiger partial charge >= 0.3 is 6.03 Å². The number of rotatable bonds is 8. The molecule has 33 heavy (non-hydrogen) atoms. The van der Waals surface area contributed by atoms with Gasteiger partial charge in [-0.15, -0.1) is 11.3 Å². The second-order valence-electron chi connectivity index (χ2n) is 7.53. The fourth-order valence-electron chi connectivity index (χ4n) is 3.76. The van der Waals surface area contributed by atoms with E-state index in [4.69, 9.17) is 0 Å². The number of nitrogens with zero attached hydrogens (tertiary/aromatic N) is 2. The molecule has 4 N–H and O–H groups in total. The van der Waals surface area contributed by atoms with Crippen molar-refractivity contribution in [2.45, 2.75) is 31.7 Å². The van der Waals surface area contributed by atoms with Crippen molar-refractivity contribution in [3.8, 4) is 0 Å². The topological polar surface area (TPSA) is 150 Å². The van der Waals surface area contributed by atoms with Gasteiger partial charge in [0.15, 0.2) is 5.13 Å². The van der Waals surface area contributed by atoms with E-state index in [0.29, 0.717) is 36.8 Å². The number of hydrogen-bond acceptors (Lipinski definition) is 8. The Bertz CT molecular complexity index is 1100. The van der Waals surface area contributed by atoms with Crippen molar-refractivity contribution >= 4 is 51.8 Å². The van der Waals surface area contributed by atoms with Crippen LogP contribution in [0.2, 0.25) is 0 Å². The minimum atomic E-state index is -0.996. The number of amides is 6. The van der Waals surface area contributed by atoms with Gasteiger partial charge in [-0.2, -0.15) is 0 Å². The fraction of sp³-hybridized carbons (Fsp3) is 0.333. The van der Waals surface area contributed by atoms with E-state index in [9.17, 15) is 24.0 Å². The number of imide groups is 2. The summed E-state index contributed by atoms with van der Waals surface area (Å²) < 4.78 is 0. The highest BCUT2D eigenvalue weighted by atomic mass is 32.1. The Labute approximate surface area is 192 Å². The van der Waals surface area contributed by atoms with E-state index < -0.39 is 29.7 Å². The summed E-state index contributed by atoms with van der Waals surface area (Å²) in [5, 5.41) is 13.0. The lowest BCUT2D eigenvalue weighted by molar-refractivity contribution is -0.136. The summed E-state index contributed by atoms with van der Waals surface area (Å²) in [4.78, 5) is 66.2. The zero-order chi connectivity index (χ0) is 23.4. The largest absolute Gasteiger partial charge is 0.384 e. The standard InChI is InChI=1S/C21H22N6O5S/c28-15-7-6-14(17(29)25-15)27-18(30)12-4-3-5-13(16(12)19(27)31)22-8-1-2-9-23-20(32)26-21-24-10-11-33-21/h3-5,10-11,14,22H,1-2,6-9H2,(H,25,28,29)(H2,23,24,26,32). The molecular formula is C21H22N6O5S. The Balaban J connectivity index is 1.29. The molecule has 172 valence electrons. The Morgan fingerprint density at radius 1 is 1.15 bits per heavy atom. The van der Waals surface area contributed by atoms with Crippen molar-refractivity contribution in [2.75, 3.05) is 23.7 Å². The first-order valence-electron chi connectivity index (χ1n) is 10.5. The molecule has 1 unspecified atom stereocenters. The first-order valence-corrected chi connectivity index (χ1v) is 11.4. The van der Waals surface area contributed by atoms with Crippen LogP contribution in [0.5, 0.6) is 0 Å². The Kier molecular flexibility index (Phi) is 6.63. The summed E-state index contributed by atoms with van der Waals surface area (Å²) in [6.45, 7) is 0.985. The molecule has 1 aromatic heterocycles. The van der Waals surface area contributed by atoms with Gasteiger partial charge in [-0.25, -0.2) is 9.78 Å². The number of fused-ring (bicyclic) bond motifs is 1. The number of carbonyl (C=O) groups excluding carboxylic acids is 5. The van der Waals surface area contributed by atoms with Gasteiger partial charge in [0.25, 0.3) is 11.8 Å². The van der Waals surface area contributed by atoms with E-state index in [2.05, 4.69) is 26.3 Å². The molecule has 2 aliphatic heterocycles. The summed E-state index contributed by atoms with van der Waals surface area (Å²) in [6.07, 6.45) is 3.20. The minimum Gasteiger partial charge on any atom is -0.384 e. The predicted octanol–water partition coefficient (Wildman–Crippen LogP) is 1.56. The lowest BCUT2D eigenvalue weighted by Crippen LogP contribution is -2.54. The number of aromatic nitrogens is 1. The summed E-state index contributed by atoms with van der Waals surface area (Å²) in [7, 11) is 0. The smallest absolute Gasteiger partial charge is 0.321 e. The van der Waals surface area contributed by atoms with E-state index >= 15 is 0 Å². The normalized spacial score (nSPS) is 17.6. The van der Waals surface area contributed by atoms with E-state index in [1.54, 1.807) is 29.8 Å². The highest BCUT2D eigenvalue weighted by Crippen LogP contribution is 2.32. The van der Waals surface area contributed by atoms with Gasteiger partial charge in [-0.05, 0) is 31.4 Å². The molecule has 3 heterocycles. The van der Waals surface area contributed by atoms with Gasteiger partial charge in [-0.1, -0.05) is 6.07 Å². The highest BCUT2D eigenvalue weighted by molar-refractivity contribution is 7.13. The summed E-state index contributed by atoms with van der Waals surface area (Å²) in [6, 6.07) is 3.61.